The van der Waals surface area contributed by atoms with Crippen LogP contribution in [0.15, 0.2) is 117 Å². The third-order valence-electron chi connectivity index (χ3n) is 10.6. The van der Waals surface area contributed by atoms with Gasteiger partial charge in [-0.1, -0.05) is 193 Å². The van der Waals surface area contributed by atoms with Crippen molar-refractivity contribution in [3.63, 3.8) is 0 Å². The van der Waals surface area contributed by atoms with Crippen LogP contribution in [0.5, 0.6) is 0 Å². The molecule has 5 N–H and O–H groups in total. The number of hydrogen-bond donors (Lipinski definition) is 4. The quantitative estimate of drug-likeness (QED) is 0.0540. The summed E-state index contributed by atoms with van der Waals surface area (Å²) in [6.07, 6.45) is 8.25. The van der Waals surface area contributed by atoms with Crippen molar-refractivity contribution in [2.24, 2.45) is 10.7 Å². The summed E-state index contributed by atoms with van der Waals surface area (Å²) in [4.78, 5) is 55.7. The summed E-state index contributed by atoms with van der Waals surface area (Å²) in [5, 5.41) is 23.9. The van der Waals surface area contributed by atoms with Gasteiger partial charge in [-0.15, -0.1) is 0 Å². The second-order valence-electron chi connectivity index (χ2n) is 26.4. The van der Waals surface area contributed by atoms with Crippen molar-refractivity contribution in [1.29, 1.82) is 0 Å². The third kappa shape index (κ3) is 37.5. The Balaban J connectivity index is -0.00000108. The minimum absolute atomic E-state index is 0. The largest absolute Gasteiger partial charge is 2.00 e. The number of aromatic amines is 1. The molecule has 5 heterocycles. The summed E-state index contributed by atoms with van der Waals surface area (Å²) in [6, 6.07) is 24.6. The molecule has 8 rings (SSSR count). The van der Waals surface area contributed by atoms with Gasteiger partial charge in [-0.3, -0.25) is 10.1 Å². The number of nitrogens with one attached hydrogen (secondary N) is 1. The maximum absolute atomic E-state index is 8.68. The molecule has 0 unspecified atom stereocenters. The van der Waals surface area contributed by atoms with Crippen LogP contribution in [0.3, 0.4) is 0 Å². The summed E-state index contributed by atoms with van der Waals surface area (Å²) in [5.74, 6) is 7.57. The predicted molar refractivity (Wildman–Crippen MR) is 398 cm³/mol. The van der Waals surface area contributed by atoms with E-state index in [1.165, 1.54) is 12.1 Å². The number of aliphatic imine (C=N–C) groups is 1. The standard InChI is InChI=1S/C20H27N5.C17H22BrN3.C11H18ClN3.C6H6BBrO2.C4H9.C3Cl3N3.C3H4N2.ClH.Mg.H2P.HP/c1-19(2,3)17-23-16(24-18(25-17)20(4,5)6)14-9-7-10-15(13-14)22-12-8-11-21;1-16(2,3)14-19-13(11-8-7-9-12(18)10-11)20-15(21-14)17(4,5)6;1-10(2,3)7-13-8(11(4,5)6)15-9(12)14-7;8-6-3-1-2-5(4-6)7(9)10;1-4(2)3;4-1-7-2(5)9-3(6)8-1;1-2-4-5-3-1;;;;/h7-13H,21H2,1-6H3;7-10H,1-6H3;1-6H3;1-4,9-10H;1-3H3;;1-3H,(H,4,5);1H;;1H2;1H/q;;;;-1;;;;+2;-1;-2/p-1. The predicted octanol–water partition coefficient (Wildman–Crippen LogP) is 13.9. The summed E-state index contributed by atoms with van der Waals surface area (Å²) >= 11 is 28.6. The summed E-state index contributed by atoms with van der Waals surface area (Å²) in [7, 11) is -1.38. The third-order valence-corrected chi connectivity index (χ3v) is 12.3. The van der Waals surface area contributed by atoms with Gasteiger partial charge in [0.1, 0.15) is 34.9 Å². The van der Waals surface area contributed by atoms with Crippen molar-refractivity contribution in [3.05, 3.63) is 174 Å². The molecule has 0 aliphatic heterocycles. The van der Waals surface area contributed by atoms with E-state index < -0.39 is 7.12 Å². The van der Waals surface area contributed by atoms with Crippen molar-refractivity contribution >= 4 is 146 Å². The molecule has 0 radical (unpaired) electrons. The average Bonchev–Trinajstić information content (AvgIpc) is 0.841. The van der Waals surface area contributed by atoms with Gasteiger partial charge in [0.25, 0.3) is 0 Å². The maximum atomic E-state index is 8.68. The molecule has 0 spiro atoms. The van der Waals surface area contributed by atoms with Gasteiger partial charge in [0.2, 0.25) is 21.1 Å². The Morgan fingerprint density at radius 3 is 1.10 bits per heavy atom. The van der Waals surface area contributed by atoms with E-state index in [-0.39, 0.29) is 109 Å². The fraction of sp³-hybridized carbons (Fsp3) is 0.422. The second kappa shape index (κ2) is 42.7. The molecule has 0 atom stereocenters. The number of hydrogen-bond acceptors (Lipinski definition) is 17. The van der Waals surface area contributed by atoms with E-state index in [0.717, 1.165) is 66.5 Å². The van der Waals surface area contributed by atoms with Gasteiger partial charge in [0.05, 0.1) is 5.69 Å². The molecule has 18 nitrogen and oxygen atoms in total. The first kappa shape index (κ1) is 93.3. The molecule has 0 aliphatic rings. The minimum Gasteiger partial charge on any atom is -1.51 e. The molecule has 93 heavy (non-hydrogen) atoms. The van der Waals surface area contributed by atoms with Gasteiger partial charge < -0.3 is 53.9 Å². The van der Waals surface area contributed by atoms with Crippen LogP contribution in [-0.4, -0.2) is 116 Å². The Bertz CT molecular complexity index is 3360. The van der Waals surface area contributed by atoms with Gasteiger partial charge in [-0.2, -0.15) is 40.8 Å². The number of rotatable bonds is 5. The molecule has 0 bridgehead atoms. The second-order valence-corrected chi connectivity index (χ2v) is 29.6. The molecule has 0 saturated carbocycles. The number of allylic oxidation sites excluding steroid dienone is 1. The topological polar surface area (TPSA) is 262 Å². The van der Waals surface area contributed by atoms with E-state index in [1.807, 2.05) is 60.7 Å². The van der Waals surface area contributed by atoms with Gasteiger partial charge in [-0.05, 0) is 107 Å². The first-order valence-corrected chi connectivity index (χ1v) is 31.3. The monoisotopic (exact) mass is 1540 g/mol. The van der Waals surface area contributed by atoms with Crippen LogP contribution in [-0.2, 0) is 32.5 Å². The number of H-pyrrole nitrogens is 1. The van der Waals surface area contributed by atoms with Gasteiger partial charge in [0.15, 0.2) is 11.6 Å². The van der Waals surface area contributed by atoms with Crippen LogP contribution >= 0.6 is 98.1 Å². The first-order valence-electron chi connectivity index (χ1n) is 28.2. The van der Waals surface area contributed by atoms with E-state index in [4.69, 9.17) is 77.1 Å². The number of nitrogens with zero attached hydrogens (tertiary/aromatic N) is 14. The summed E-state index contributed by atoms with van der Waals surface area (Å²) in [5.41, 5.74) is 7.84. The molecule has 29 heteroatoms. The van der Waals surface area contributed by atoms with Crippen LogP contribution in [0.4, 0.5) is 5.69 Å². The normalized spacial score (nSPS) is 11.2. The zero-order valence-electron chi connectivity index (χ0n) is 57.1. The van der Waals surface area contributed by atoms with Crippen LogP contribution < -0.4 is 23.6 Å². The molecule has 0 fully saturated rings. The van der Waals surface area contributed by atoms with E-state index in [1.54, 1.807) is 42.9 Å². The van der Waals surface area contributed by atoms with Gasteiger partial charge >= 0.3 is 30.2 Å². The van der Waals surface area contributed by atoms with Crippen molar-refractivity contribution in [2.75, 3.05) is 0 Å². The van der Waals surface area contributed by atoms with Gasteiger partial charge in [-0.25, -0.2) is 44.9 Å². The Kier molecular flexibility index (Phi) is 42.9. The summed E-state index contributed by atoms with van der Waals surface area (Å²) < 4.78 is 1.87. The zero-order valence-corrected chi connectivity index (χ0v) is 67.7. The van der Waals surface area contributed by atoms with Gasteiger partial charge in [0, 0.05) is 71.2 Å². The van der Waals surface area contributed by atoms with Crippen molar-refractivity contribution in [3.8, 4) is 22.8 Å². The molecular formula is C64H89BBr2Cl5MgN16O2P2-3. The van der Waals surface area contributed by atoms with E-state index in [0.29, 0.717) is 11.3 Å². The molecule has 0 aliphatic carbocycles. The van der Waals surface area contributed by atoms with Crippen LogP contribution in [0.2, 0.25) is 21.1 Å². The van der Waals surface area contributed by atoms with E-state index >= 15 is 0 Å². The molecule has 0 amide bonds. The Labute approximate surface area is 618 Å². The zero-order chi connectivity index (χ0) is 67.9. The van der Waals surface area contributed by atoms with Crippen molar-refractivity contribution in [2.45, 2.75) is 178 Å². The number of benzene rings is 3. The number of halogens is 7. The van der Waals surface area contributed by atoms with Crippen LogP contribution in [0.1, 0.15) is 180 Å². The van der Waals surface area contributed by atoms with Crippen molar-refractivity contribution < 1.29 is 22.5 Å². The smallest absolute Gasteiger partial charge is 1.51 e. The molecule has 8 aromatic rings. The molecule has 0 saturated heterocycles. The fourth-order valence-electron chi connectivity index (χ4n) is 6.09. The molecule has 504 valence electrons. The van der Waals surface area contributed by atoms with Crippen LogP contribution in [0, 0.1) is 5.92 Å². The van der Waals surface area contributed by atoms with Crippen LogP contribution in [0.25, 0.3) is 22.8 Å². The maximum Gasteiger partial charge on any atom is 2.00 e. The molecule has 3 aromatic carbocycles. The van der Waals surface area contributed by atoms with E-state index in [9.17, 15) is 0 Å². The fourth-order valence-corrected chi connectivity index (χ4v) is 7.68. The molecular weight excluding hydrogens is 1460 g/mol. The minimum atomic E-state index is -1.38. The first-order chi connectivity index (χ1) is 40.9. The Morgan fingerprint density at radius 1 is 0.495 bits per heavy atom. The summed E-state index contributed by atoms with van der Waals surface area (Å²) in [6.45, 7) is 44.0. The molecule has 5 aromatic heterocycles. The average molecular weight is 1550 g/mol. The van der Waals surface area contributed by atoms with Crippen molar-refractivity contribution in [1.82, 2.24) is 70.0 Å². The Hall–Kier alpha value is -3.86. The number of aromatic nitrogens is 14. The SMILES string of the molecule is CC(C)(C)c1nc(-c2cccc(Br)c2)nc(C(C)(C)C)n1.CC(C)(C)c1nc(-c2cccc(N=CC=CN)c2)nc(C(C)(C)C)n1.CC(C)(C)c1nc(Cl)nc(C(C)(C)C)n1.C[C-](C)C.Clc1nc(Cl)nc(Cl)n1.OB(O)c1cccc(Br)c1.[Cl-].[Mg+2].[PH-2].[PH2-].c1cn[nH]c1. The number of nitrogens with two attached hydrogens (primary N) is 1. The Morgan fingerprint density at radius 2 is 0.817 bits per heavy atom. The van der Waals surface area contributed by atoms with E-state index in [2.05, 4.69) is 237 Å².